The number of carboxylic acid groups (broad SMARTS) is 1. The molecule has 3 aliphatic rings. The first-order chi connectivity index (χ1) is 9.56. The van der Waals surface area contributed by atoms with Crippen LogP contribution in [-0.2, 0) is 0 Å². The van der Waals surface area contributed by atoms with Crippen LogP contribution in [-0.4, -0.2) is 63.6 Å². The predicted octanol–water partition coefficient (Wildman–Crippen LogP) is 0.785. The van der Waals surface area contributed by atoms with Gasteiger partial charge in [0.15, 0.2) is 0 Å². The molecule has 4 heterocycles. The van der Waals surface area contributed by atoms with Crippen molar-refractivity contribution in [1.82, 2.24) is 19.8 Å². The summed E-state index contributed by atoms with van der Waals surface area (Å²) in [4.78, 5) is 23.1. The van der Waals surface area contributed by atoms with Crippen molar-refractivity contribution in [3.63, 3.8) is 0 Å². The van der Waals surface area contributed by atoms with Gasteiger partial charge in [0.05, 0.1) is 6.04 Å². The molecule has 20 heavy (non-hydrogen) atoms. The van der Waals surface area contributed by atoms with E-state index in [9.17, 15) is 13.6 Å². The van der Waals surface area contributed by atoms with Crippen LogP contribution < -0.4 is 0 Å². The second-order valence-corrected chi connectivity index (χ2v) is 4.99. The summed E-state index contributed by atoms with van der Waals surface area (Å²) >= 11 is 0. The van der Waals surface area contributed by atoms with Crippen LogP contribution in [0.4, 0.5) is 8.78 Å². The minimum atomic E-state index is -2.92. The third kappa shape index (κ3) is 2.25. The third-order valence-corrected chi connectivity index (χ3v) is 3.85. The van der Waals surface area contributed by atoms with Gasteiger partial charge in [-0.25, -0.2) is 23.5 Å². The molecule has 1 atom stereocenters. The van der Waals surface area contributed by atoms with Gasteiger partial charge in [0.1, 0.15) is 17.1 Å². The highest BCUT2D eigenvalue weighted by molar-refractivity contribution is 5.88. The van der Waals surface area contributed by atoms with Crippen molar-refractivity contribution in [2.45, 2.75) is 12.5 Å². The number of aromatic nitrogens is 2. The number of hydrogen-bond acceptors (Lipinski definition) is 5. The Balaban J connectivity index is 1.94. The van der Waals surface area contributed by atoms with Crippen LogP contribution in [0.1, 0.15) is 34.3 Å². The van der Waals surface area contributed by atoms with Crippen LogP contribution in [0.25, 0.3) is 0 Å². The SMILES string of the molecule is O=C(O)c1cnc(C2CN3CCN2CC3)nc1C(F)F. The molecule has 108 valence electrons. The highest BCUT2D eigenvalue weighted by Gasteiger charge is 2.35. The van der Waals surface area contributed by atoms with Crippen molar-refractivity contribution < 1.29 is 18.7 Å². The number of fused-ring (bicyclic) bond motifs is 3. The van der Waals surface area contributed by atoms with Crippen molar-refractivity contribution >= 4 is 5.97 Å². The third-order valence-electron chi connectivity index (χ3n) is 3.85. The second kappa shape index (κ2) is 5.02. The Morgan fingerprint density at radius 3 is 2.55 bits per heavy atom. The average Bonchev–Trinajstić information content (AvgIpc) is 2.47. The fourth-order valence-electron chi connectivity index (χ4n) is 2.76. The summed E-state index contributed by atoms with van der Waals surface area (Å²) in [5.74, 6) is -1.14. The standard InChI is InChI=1S/C12H14F2N4O2/c13-10(14)9-7(12(19)20)5-15-11(16-9)8-6-17-1-3-18(8)4-2-17/h5,8,10H,1-4,6H2,(H,19,20). The maximum atomic E-state index is 12.9. The van der Waals surface area contributed by atoms with Gasteiger partial charge in [0.25, 0.3) is 6.43 Å². The molecule has 0 aromatic carbocycles. The molecule has 1 N–H and O–H groups in total. The number of aromatic carboxylic acids is 1. The maximum absolute atomic E-state index is 12.9. The molecule has 8 heteroatoms. The number of nitrogens with zero attached hydrogens (tertiary/aromatic N) is 4. The highest BCUT2D eigenvalue weighted by atomic mass is 19.3. The molecular formula is C12H14F2N4O2. The fourth-order valence-corrected chi connectivity index (χ4v) is 2.76. The lowest BCUT2D eigenvalue weighted by Gasteiger charge is -2.46. The molecule has 0 amide bonds. The quantitative estimate of drug-likeness (QED) is 0.884. The predicted molar refractivity (Wildman–Crippen MR) is 64.7 cm³/mol. The smallest absolute Gasteiger partial charge is 0.339 e. The number of alkyl halides is 2. The number of carbonyl (C=O) groups is 1. The van der Waals surface area contributed by atoms with Crippen LogP contribution in [0.3, 0.4) is 0 Å². The molecular weight excluding hydrogens is 270 g/mol. The normalized spacial score (nSPS) is 28.9. The van der Waals surface area contributed by atoms with Crippen molar-refractivity contribution in [3.05, 3.63) is 23.3 Å². The van der Waals surface area contributed by atoms with Gasteiger partial charge in [-0.3, -0.25) is 9.80 Å². The van der Waals surface area contributed by atoms with Crippen LogP contribution >= 0.6 is 0 Å². The van der Waals surface area contributed by atoms with Gasteiger partial charge in [-0.2, -0.15) is 0 Å². The monoisotopic (exact) mass is 284 g/mol. The first-order valence-corrected chi connectivity index (χ1v) is 6.41. The first kappa shape index (κ1) is 13.3. The number of carboxylic acids is 1. The summed E-state index contributed by atoms with van der Waals surface area (Å²) < 4.78 is 25.9. The summed E-state index contributed by atoms with van der Waals surface area (Å²) in [5.41, 5.74) is -1.22. The number of halogens is 2. The molecule has 0 radical (unpaired) electrons. The van der Waals surface area contributed by atoms with E-state index in [0.717, 1.165) is 32.4 Å². The van der Waals surface area contributed by atoms with Crippen LogP contribution in [0.5, 0.6) is 0 Å². The highest BCUT2D eigenvalue weighted by Crippen LogP contribution is 2.28. The van der Waals surface area contributed by atoms with E-state index in [-0.39, 0.29) is 11.9 Å². The lowest BCUT2D eigenvalue weighted by Crippen LogP contribution is -2.57. The summed E-state index contributed by atoms with van der Waals surface area (Å²) in [5, 5.41) is 8.89. The van der Waals surface area contributed by atoms with Gasteiger partial charge in [-0.05, 0) is 0 Å². The van der Waals surface area contributed by atoms with Crippen molar-refractivity contribution in [3.8, 4) is 0 Å². The van der Waals surface area contributed by atoms with Crippen LogP contribution in [0.15, 0.2) is 6.20 Å². The Kier molecular flexibility index (Phi) is 3.35. The minimum Gasteiger partial charge on any atom is -0.478 e. The molecule has 2 bridgehead atoms. The Bertz CT molecular complexity index is 532. The minimum absolute atomic E-state index is 0.127. The summed E-state index contributed by atoms with van der Waals surface area (Å²) in [6, 6.07) is -0.127. The zero-order valence-electron chi connectivity index (χ0n) is 10.7. The Morgan fingerprint density at radius 1 is 1.35 bits per heavy atom. The molecule has 1 aromatic heterocycles. The van der Waals surface area contributed by atoms with E-state index in [1.165, 1.54) is 0 Å². The summed E-state index contributed by atoms with van der Waals surface area (Å²) in [7, 11) is 0. The zero-order valence-corrected chi connectivity index (χ0v) is 10.7. The number of hydrogen-bond donors (Lipinski definition) is 1. The fraction of sp³-hybridized carbons (Fsp3) is 0.583. The molecule has 3 saturated heterocycles. The lowest BCUT2D eigenvalue weighted by atomic mass is 10.1. The van der Waals surface area contributed by atoms with E-state index >= 15 is 0 Å². The largest absolute Gasteiger partial charge is 0.478 e. The molecule has 6 nitrogen and oxygen atoms in total. The topological polar surface area (TPSA) is 69.6 Å². The molecule has 0 aliphatic carbocycles. The van der Waals surface area contributed by atoms with Crippen molar-refractivity contribution in [2.75, 3.05) is 32.7 Å². The molecule has 0 spiro atoms. The van der Waals surface area contributed by atoms with Crippen LogP contribution in [0.2, 0.25) is 0 Å². The molecule has 3 fully saturated rings. The van der Waals surface area contributed by atoms with Gasteiger partial charge < -0.3 is 5.11 Å². The summed E-state index contributed by atoms with van der Waals surface area (Å²) in [6.45, 7) is 4.35. The molecule has 4 rings (SSSR count). The van der Waals surface area contributed by atoms with E-state index in [1.54, 1.807) is 0 Å². The van der Waals surface area contributed by atoms with Gasteiger partial charge in [-0.15, -0.1) is 0 Å². The second-order valence-electron chi connectivity index (χ2n) is 4.99. The van der Waals surface area contributed by atoms with E-state index in [2.05, 4.69) is 19.8 Å². The Labute approximate surface area is 114 Å². The Hall–Kier alpha value is -1.67. The van der Waals surface area contributed by atoms with Gasteiger partial charge in [0.2, 0.25) is 0 Å². The molecule has 3 aliphatic heterocycles. The molecule has 1 aromatic rings. The molecule has 0 saturated carbocycles. The average molecular weight is 284 g/mol. The number of rotatable bonds is 3. The zero-order chi connectivity index (χ0) is 14.3. The van der Waals surface area contributed by atoms with Crippen molar-refractivity contribution in [1.29, 1.82) is 0 Å². The van der Waals surface area contributed by atoms with E-state index in [4.69, 9.17) is 5.11 Å². The van der Waals surface area contributed by atoms with Gasteiger partial charge in [-0.1, -0.05) is 0 Å². The van der Waals surface area contributed by atoms with Crippen LogP contribution in [0, 0.1) is 0 Å². The molecule has 1 unspecified atom stereocenters. The summed E-state index contributed by atoms with van der Waals surface area (Å²) in [6.07, 6.45) is -1.93. The maximum Gasteiger partial charge on any atom is 0.339 e. The lowest BCUT2D eigenvalue weighted by molar-refractivity contribution is 0.00814. The van der Waals surface area contributed by atoms with Gasteiger partial charge >= 0.3 is 5.97 Å². The Morgan fingerprint density at radius 2 is 2.05 bits per heavy atom. The van der Waals surface area contributed by atoms with Crippen molar-refractivity contribution in [2.24, 2.45) is 0 Å². The first-order valence-electron chi connectivity index (χ1n) is 6.41. The van der Waals surface area contributed by atoms with Gasteiger partial charge in [0, 0.05) is 38.9 Å². The van der Waals surface area contributed by atoms with E-state index < -0.39 is 23.7 Å². The van der Waals surface area contributed by atoms with E-state index in [0.29, 0.717) is 6.54 Å². The van der Waals surface area contributed by atoms with E-state index in [1.807, 2.05) is 0 Å². The number of piperazine rings is 3.